The van der Waals surface area contributed by atoms with Gasteiger partial charge in [-0.3, -0.25) is 14.2 Å². The lowest BCUT2D eigenvalue weighted by atomic mass is 10.2. The highest BCUT2D eigenvalue weighted by Gasteiger charge is 2.25. The molecule has 0 fully saturated rings. The summed E-state index contributed by atoms with van der Waals surface area (Å²) in [5.74, 6) is 0.0315. The average Bonchev–Trinajstić information content (AvgIpc) is 3.33. The maximum absolute atomic E-state index is 12.5. The second kappa shape index (κ2) is 6.17. The Morgan fingerprint density at radius 1 is 1.40 bits per heavy atom. The zero-order chi connectivity index (χ0) is 17.4. The molecule has 0 aliphatic carbocycles. The minimum Gasteiger partial charge on any atom is -0.438 e. The van der Waals surface area contributed by atoms with Crippen LogP contribution in [0.4, 0.5) is 0 Å². The van der Waals surface area contributed by atoms with E-state index in [-0.39, 0.29) is 11.7 Å². The molecule has 0 unspecified atom stereocenters. The van der Waals surface area contributed by atoms with Crippen molar-refractivity contribution < 1.29 is 14.3 Å². The molecule has 25 heavy (non-hydrogen) atoms. The Morgan fingerprint density at radius 2 is 2.28 bits per heavy atom. The van der Waals surface area contributed by atoms with Gasteiger partial charge < -0.3 is 14.4 Å². The molecule has 0 bridgehead atoms. The second-order valence-corrected chi connectivity index (χ2v) is 6.01. The number of nitrogens with zero attached hydrogens (tertiary/aromatic N) is 6. The molecule has 0 aromatic carbocycles. The first-order valence-electron chi connectivity index (χ1n) is 8.04. The van der Waals surface area contributed by atoms with E-state index in [0.717, 1.165) is 12.1 Å². The third-order valence-electron chi connectivity index (χ3n) is 4.38. The average molecular weight is 342 g/mol. The first-order valence-corrected chi connectivity index (χ1v) is 8.04. The van der Waals surface area contributed by atoms with Crippen LogP contribution < -0.4 is 0 Å². The summed E-state index contributed by atoms with van der Waals surface area (Å²) >= 11 is 0. The van der Waals surface area contributed by atoms with Crippen LogP contribution in [-0.2, 0) is 20.1 Å². The number of aromatic nitrogens is 5. The topological polar surface area (TPSA) is 102 Å². The minimum atomic E-state index is -0.856. The summed E-state index contributed by atoms with van der Waals surface area (Å²) in [5, 5.41) is 19.2. The van der Waals surface area contributed by atoms with Crippen molar-refractivity contribution in [1.82, 2.24) is 29.4 Å². The van der Waals surface area contributed by atoms with E-state index in [0.29, 0.717) is 31.0 Å². The van der Waals surface area contributed by atoms with Gasteiger partial charge in [-0.25, -0.2) is 4.98 Å². The number of aryl methyl sites for hydroxylation is 2. The predicted molar refractivity (Wildman–Crippen MR) is 85.4 cm³/mol. The Labute approximate surface area is 143 Å². The molecule has 9 nitrogen and oxygen atoms in total. The van der Waals surface area contributed by atoms with Crippen LogP contribution in [0.15, 0.2) is 35.3 Å². The van der Waals surface area contributed by atoms with Crippen molar-refractivity contribution in [2.24, 2.45) is 7.05 Å². The molecular weight excluding hydrogens is 324 g/mol. The minimum absolute atomic E-state index is 0.194. The Morgan fingerprint density at radius 3 is 3.00 bits per heavy atom. The molecule has 9 heteroatoms. The largest absolute Gasteiger partial charge is 0.438 e. The van der Waals surface area contributed by atoms with Crippen LogP contribution >= 0.6 is 0 Å². The Bertz CT molecular complexity index is 882. The van der Waals surface area contributed by atoms with E-state index in [1.54, 1.807) is 28.9 Å². The highest BCUT2D eigenvalue weighted by Crippen LogP contribution is 2.23. The normalized spacial score (nSPS) is 15.7. The van der Waals surface area contributed by atoms with Crippen molar-refractivity contribution in [2.45, 2.75) is 25.6 Å². The van der Waals surface area contributed by atoms with Crippen LogP contribution in [0.2, 0.25) is 0 Å². The molecule has 3 aromatic rings. The van der Waals surface area contributed by atoms with Gasteiger partial charge in [0.15, 0.2) is 6.39 Å². The van der Waals surface area contributed by atoms with Gasteiger partial charge >= 0.3 is 0 Å². The number of amides is 1. The van der Waals surface area contributed by atoms with Crippen LogP contribution in [0.5, 0.6) is 0 Å². The Balaban J connectivity index is 1.59. The Hall–Kier alpha value is -2.94. The molecule has 0 saturated carbocycles. The summed E-state index contributed by atoms with van der Waals surface area (Å²) in [4.78, 5) is 18.0. The predicted octanol–water partition coefficient (Wildman–Crippen LogP) is 0.732. The molecule has 1 aliphatic heterocycles. The summed E-state index contributed by atoms with van der Waals surface area (Å²) in [6.07, 6.45) is 4.22. The van der Waals surface area contributed by atoms with Gasteiger partial charge in [0, 0.05) is 26.3 Å². The van der Waals surface area contributed by atoms with Gasteiger partial charge in [0.1, 0.15) is 6.10 Å². The van der Waals surface area contributed by atoms with Gasteiger partial charge in [-0.15, -0.1) is 0 Å². The number of carbonyl (C=O) groups excluding carboxylic acids is 1. The number of aliphatic hydroxyl groups is 1. The fraction of sp³-hybridized carbons (Fsp3) is 0.375. The fourth-order valence-corrected chi connectivity index (χ4v) is 3.07. The molecule has 4 rings (SSSR count). The van der Waals surface area contributed by atoms with Crippen LogP contribution in [0.3, 0.4) is 0 Å². The maximum Gasteiger partial charge on any atom is 0.291 e. The van der Waals surface area contributed by atoms with Crippen molar-refractivity contribution >= 4 is 5.91 Å². The Kier molecular flexibility index (Phi) is 3.85. The number of hydrogen-bond acceptors (Lipinski definition) is 6. The van der Waals surface area contributed by atoms with Gasteiger partial charge in [-0.1, -0.05) is 0 Å². The second-order valence-electron chi connectivity index (χ2n) is 6.01. The van der Waals surface area contributed by atoms with Gasteiger partial charge in [-0.2, -0.15) is 10.2 Å². The van der Waals surface area contributed by atoms with E-state index in [1.165, 1.54) is 12.6 Å². The van der Waals surface area contributed by atoms with Crippen molar-refractivity contribution in [3.05, 3.63) is 53.8 Å². The van der Waals surface area contributed by atoms with Gasteiger partial charge in [0.05, 0.1) is 29.8 Å². The van der Waals surface area contributed by atoms with Crippen LogP contribution in [0, 0.1) is 0 Å². The summed E-state index contributed by atoms with van der Waals surface area (Å²) < 4.78 is 8.58. The molecular formula is C16H18N6O3. The van der Waals surface area contributed by atoms with Crippen molar-refractivity contribution in [1.29, 1.82) is 0 Å². The van der Waals surface area contributed by atoms with Crippen molar-refractivity contribution in [2.75, 3.05) is 6.54 Å². The lowest BCUT2D eigenvalue weighted by molar-refractivity contribution is 0.0713. The molecule has 0 saturated heterocycles. The SMILES string of the molecule is Cn1nccc1[C@@H](O)c1cc2n(n1)CCCN(C(=O)c1cnco1)C2. The van der Waals surface area contributed by atoms with Gasteiger partial charge in [0.2, 0.25) is 5.76 Å². The maximum atomic E-state index is 12.5. The molecule has 1 amide bonds. The van der Waals surface area contributed by atoms with E-state index in [9.17, 15) is 9.90 Å². The molecule has 3 aromatic heterocycles. The van der Waals surface area contributed by atoms with Crippen molar-refractivity contribution in [3.63, 3.8) is 0 Å². The van der Waals surface area contributed by atoms with Gasteiger partial charge in [-0.05, 0) is 18.6 Å². The number of carbonyl (C=O) groups is 1. The number of hydrogen-bond donors (Lipinski definition) is 1. The monoisotopic (exact) mass is 342 g/mol. The quantitative estimate of drug-likeness (QED) is 0.753. The zero-order valence-corrected chi connectivity index (χ0v) is 13.7. The lowest BCUT2D eigenvalue weighted by Gasteiger charge is -2.18. The first-order chi connectivity index (χ1) is 12.1. The molecule has 1 aliphatic rings. The third-order valence-corrected chi connectivity index (χ3v) is 4.38. The number of aliphatic hydroxyl groups excluding tert-OH is 1. The molecule has 4 heterocycles. The first kappa shape index (κ1) is 15.6. The van der Waals surface area contributed by atoms with Crippen LogP contribution in [0.1, 0.15) is 40.2 Å². The molecule has 1 N–H and O–H groups in total. The van der Waals surface area contributed by atoms with Gasteiger partial charge in [0.25, 0.3) is 5.91 Å². The van der Waals surface area contributed by atoms with Crippen LogP contribution in [0.25, 0.3) is 0 Å². The molecule has 130 valence electrons. The molecule has 1 atom stereocenters. The lowest BCUT2D eigenvalue weighted by Crippen LogP contribution is -2.30. The third kappa shape index (κ3) is 2.82. The van der Waals surface area contributed by atoms with E-state index >= 15 is 0 Å². The summed E-state index contributed by atoms with van der Waals surface area (Å²) in [6, 6.07) is 3.60. The number of fused-ring (bicyclic) bond motifs is 1. The highest BCUT2D eigenvalue weighted by atomic mass is 16.3. The standard InChI is InChI=1S/C16H18N6O3/c1-20-13(3-4-18-20)15(23)12-7-11-9-21(5-2-6-22(11)19-12)16(24)14-8-17-10-25-14/h3-4,7-8,10,15,23H,2,5-6,9H2,1H3/t15-/m0/s1. The van der Waals surface area contributed by atoms with Crippen molar-refractivity contribution in [3.8, 4) is 0 Å². The summed E-state index contributed by atoms with van der Waals surface area (Å²) in [6.45, 7) is 1.71. The van der Waals surface area contributed by atoms with E-state index < -0.39 is 6.10 Å². The summed E-state index contributed by atoms with van der Waals surface area (Å²) in [7, 11) is 1.78. The van der Waals surface area contributed by atoms with E-state index in [2.05, 4.69) is 15.2 Å². The summed E-state index contributed by atoms with van der Waals surface area (Å²) in [5.41, 5.74) is 2.09. The number of rotatable bonds is 3. The molecule has 0 radical (unpaired) electrons. The number of oxazole rings is 1. The van der Waals surface area contributed by atoms with E-state index in [1.807, 2.05) is 10.7 Å². The smallest absolute Gasteiger partial charge is 0.291 e. The fourth-order valence-electron chi connectivity index (χ4n) is 3.07. The van der Waals surface area contributed by atoms with Crippen LogP contribution in [-0.4, -0.2) is 47.0 Å². The van der Waals surface area contributed by atoms with E-state index in [4.69, 9.17) is 4.42 Å². The highest BCUT2D eigenvalue weighted by molar-refractivity contribution is 5.91. The zero-order valence-electron chi connectivity index (χ0n) is 13.7. The molecule has 0 spiro atoms.